The highest BCUT2D eigenvalue weighted by atomic mass is 35.5. The number of hydrogen-bond acceptors (Lipinski definition) is 4. The van der Waals surface area contributed by atoms with E-state index in [-0.39, 0.29) is 40.5 Å². The second kappa shape index (κ2) is 8.06. The number of rotatable bonds is 5. The molecule has 2 amide bonds. The summed E-state index contributed by atoms with van der Waals surface area (Å²) < 4.78 is 5.59. The summed E-state index contributed by atoms with van der Waals surface area (Å²) in [4.78, 5) is 26.7. The van der Waals surface area contributed by atoms with Crippen molar-refractivity contribution in [1.82, 2.24) is 0 Å². The normalized spacial score (nSPS) is 16.5. The number of hydrogen-bond donors (Lipinski definition) is 2. The fourth-order valence-corrected chi connectivity index (χ4v) is 3.46. The average molecular weight is 408 g/mol. The van der Waals surface area contributed by atoms with E-state index in [4.69, 9.17) is 33.7 Å². The second-order valence-corrected chi connectivity index (χ2v) is 6.96. The van der Waals surface area contributed by atoms with Gasteiger partial charge >= 0.3 is 0 Å². The van der Waals surface area contributed by atoms with Crippen LogP contribution < -0.4 is 20.7 Å². The van der Waals surface area contributed by atoms with Crippen molar-refractivity contribution in [1.29, 1.82) is 0 Å². The summed E-state index contributed by atoms with van der Waals surface area (Å²) in [5.74, 6) is -0.291. The Balaban J connectivity index is 1.75. The lowest BCUT2D eigenvalue weighted by molar-refractivity contribution is -0.122. The molecule has 6 nitrogen and oxygen atoms in total. The van der Waals surface area contributed by atoms with Gasteiger partial charge in [0.2, 0.25) is 11.8 Å². The maximum atomic E-state index is 12.6. The molecule has 0 bridgehead atoms. The number of ether oxygens (including phenoxy) is 1. The largest absolute Gasteiger partial charge is 0.492 e. The van der Waals surface area contributed by atoms with Gasteiger partial charge in [-0.3, -0.25) is 9.59 Å². The predicted octanol–water partition coefficient (Wildman–Crippen LogP) is 3.97. The highest BCUT2D eigenvalue weighted by Crippen LogP contribution is 2.34. The molecule has 3 N–H and O–H groups in total. The molecule has 0 spiro atoms. The molecular weight excluding hydrogens is 389 g/mol. The van der Waals surface area contributed by atoms with Crippen molar-refractivity contribution in [2.24, 2.45) is 5.92 Å². The molecule has 1 aliphatic rings. The van der Waals surface area contributed by atoms with Crippen LogP contribution in [0.3, 0.4) is 0 Å². The van der Waals surface area contributed by atoms with Crippen LogP contribution in [0, 0.1) is 5.92 Å². The molecule has 27 heavy (non-hydrogen) atoms. The fourth-order valence-electron chi connectivity index (χ4n) is 2.97. The van der Waals surface area contributed by atoms with Crippen LogP contribution in [-0.4, -0.2) is 25.0 Å². The standard InChI is InChI=1S/C19H19Cl2N3O3/c1-2-27-16-6-4-3-5-15(16)24-10-11(7-17(24)25)19(26)23-12-8-13(20)18(22)14(21)9-12/h3-6,8-9,11H,2,7,10,22H2,1H3,(H,23,26). The molecule has 1 heterocycles. The van der Waals surface area contributed by atoms with E-state index in [0.29, 0.717) is 23.7 Å². The number of benzene rings is 2. The molecule has 8 heteroatoms. The summed E-state index contributed by atoms with van der Waals surface area (Å²) in [5.41, 5.74) is 7.06. The Morgan fingerprint density at radius 2 is 1.96 bits per heavy atom. The van der Waals surface area contributed by atoms with Crippen LogP contribution in [0.4, 0.5) is 17.1 Å². The first-order chi connectivity index (χ1) is 12.9. The molecule has 2 aromatic rings. The van der Waals surface area contributed by atoms with E-state index in [1.807, 2.05) is 25.1 Å². The summed E-state index contributed by atoms with van der Waals surface area (Å²) in [7, 11) is 0. The van der Waals surface area contributed by atoms with Crippen LogP contribution in [0.2, 0.25) is 10.0 Å². The van der Waals surface area contributed by atoms with Gasteiger partial charge in [0, 0.05) is 18.7 Å². The van der Waals surface area contributed by atoms with Crippen LogP contribution in [0.15, 0.2) is 36.4 Å². The molecule has 0 aromatic heterocycles. The lowest BCUT2D eigenvalue weighted by Crippen LogP contribution is -2.28. The molecule has 1 saturated heterocycles. The van der Waals surface area contributed by atoms with Crippen molar-refractivity contribution < 1.29 is 14.3 Å². The Morgan fingerprint density at radius 1 is 1.30 bits per heavy atom. The topological polar surface area (TPSA) is 84.7 Å². The van der Waals surface area contributed by atoms with Gasteiger partial charge in [-0.1, -0.05) is 35.3 Å². The van der Waals surface area contributed by atoms with Crippen molar-refractivity contribution in [3.8, 4) is 5.75 Å². The zero-order chi connectivity index (χ0) is 19.6. The van der Waals surface area contributed by atoms with Gasteiger partial charge in [0.05, 0.1) is 33.9 Å². The molecule has 142 valence electrons. The number of nitrogens with two attached hydrogens (primary N) is 1. The van der Waals surface area contributed by atoms with Gasteiger partial charge in [0.1, 0.15) is 5.75 Å². The summed E-state index contributed by atoms with van der Waals surface area (Å²) in [6.07, 6.45) is 0.114. The third-order valence-corrected chi connectivity index (χ3v) is 4.92. The van der Waals surface area contributed by atoms with Crippen LogP contribution in [0.1, 0.15) is 13.3 Å². The van der Waals surface area contributed by atoms with Gasteiger partial charge in [0.15, 0.2) is 0 Å². The van der Waals surface area contributed by atoms with Crippen LogP contribution in [0.25, 0.3) is 0 Å². The molecule has 1 unspecified atom stereocenters. The van der Waals surface area contributed by atoms with Crippen molar-refractivity contribution in [2.45, 2.75) is 13.3 Å². The number of nitrogen functional groups attached to an aromatic ring is 1. The molecule has 0 saturated carbocycles. The molecule has 1 fully saturated rings. The minimum absolute atomic E-state index is 0.114. The zero-order valence-electron chi connectivity index (χ0n) is 14.7. The Labute approximate surface area is 167 Å². The minimum Gasteiger partial charge on any atom is -0.492 e. The average Bonchev–Trinajstić information content (AvgIpc) is 3.02. The monoisotopic (exact) mass is 407 g/mol. The van der Waals surface area contributed by atoms with Gasteiger partial charge in [-0.2, -0.15) is 0 Å². The van der Waals surface area contributed by atoms with Crippen LogP contribution in [-0.2, 0) is 9.59 Å². The number of para-hydroxylation sites is 2. The summed E-state index contributed by atoms with van der Waals surface area (Å²) in [5, 5.41) is 3.27. The number of carbonyl (C=O) groups is 2. The van der Waals surface area contributed by atoms with Gasteiger partial charge < -0.3 is 20.7 Å². The molecule has 3 rings (SSSR count). The van der Waals surface area contributed by atoms with E-state index < -0.39 is 5.92 Å². The maximum absolute atomic E-state index is 12.6. The fraction of sp³-hybridized carbons (Fsp3) is 0.263. The first kappa shape index (κ1) is 19.3. The third-order valence-electron chi connectivity index (χ3n) is 4.30. The van der Waals surface area contributed by atoms with Gasteiger partial charge in [-0.15, -0.1) is 0 Å². The Bertz CT molecular complexity index is 865. The van der Waals surface area contributed by atoms with E-state index in [1.165, 1.54) is 12.1 Å². The van der Waals surface area contributed by atoms with Crippen molar-refractivity contribution in [2.75, 3.05) is 29.1 Å². The molecule has 1 aliphatic heterocycles. The summed E-state index contributed by atoms with van der Waals surface area (Å²) in [6, 6.07) is 10.3. The lowest BCUT2D eigenvalue weighted by atomic mass is 10.1. The van der Waals surface area contributed by atoms with Crippen LogP contribution >= 0.6 is 23.2 Å². The Morgan fingerprint density at radius 3 is 2.63 bits per heavy atom. The van der Waals surface area contributed by atoms with Gasteiger partial charge in [-0.05, 0) is 31.2 Å². The number of amides is 2. The smallest absolute Gasteiger partial charge is 0.229 e. The number of nitrogens with one attached hydrogen (secondary N) is 1. The first-order valence-electron chi connectivity index (χ1n) is 8.48. The van der Waals surface area contributed by atoms with E-state index in [0.717, 1.165) is 0 Å². The Hall–Kier alpha value is -2.44. The highest BCUT2D eigenvalue weighted by molar-refractivity contribution is 6.39. The maximum Gasteiger partial charge on any atom is 0.229 e. The molecular formula is C19H19Cl2N3O3. The van der Waals surface area contributed by atoms with Crippen LogP contribution in [0.5, 0.6) is 5.75 Å². The molecule has 2 aromatic carbocycles. The van der Waals surface area contributed by atoms with Crippen molar-refractivity contribution in [3.63, 3.8) is 0 Å². The number of halogens is 2. The summed E-state index contributed by atoms with van der Waals surface area (Å²) >= 11 is 12.0. The minimum atomic E-state index is -0.498. The quantitative estimate of drug-likeness (QED) is 0.734. The number of carbonyl (C=O) groups excluding carboxylic acids is 2. The Kier molecular flexibility index (Phi) is 5.77. The van der Waals surface area contributed by atoms with E-state index in [2.05, 4.69) is 5.32 Å². The van der Waals surface area contributed by atoms with E-state index in [1.54, 1.807) is 11.0 Å². The third kappa shape index (κ3) is 4.12. The molecule has 1 atom stereocenters. The summed E-state index contributed by atoms with van der Waals surface area (Å²) in [6.45, 7) is 2.63. The van der Waals surface area contributed by atoms with Crippen molar-refractivity contribution >= 4 is 52.1 Å². The SMILES string of the molecule is CCOc1ccccc1N1CC(C(=O)Nc2cc(Cl)c(N)c(Cl)c2)CC1=O. The first-order valence-corrected chi connectivity index (χ1v) is 9.23. The van der Waals surface area contributed by atoms with Crippen molar-refractivity contribution in [3.05, 3.63) is 46.4 Å². The highest BCUT2D eigenvalue weighted by Gasteiger charge is 2.36. The molecule has 0 aliphatic carbocycles. The number of anilines is 3. The van der Waals surface area contributed by atoms with E-state index >= 15 is 0 Å². The molecule has 0 radical (unpaired) electrons. The predicted molar refractivity (Wildman–Crippen MR) is 108 cm³/mol. The second-order valence-electron chi connectivity index (χ2n) is 6.15. The van der Waals surface area contributed by atoms with Gasteiger partial charge in [-0.25, -0.2) is 0 Å². The van der Waals surface area contributed by atoms with E-state index in [9.17, 15) is 9.59 Å². The zero-order valence-corrected chi connectivity index (χ0v) is 16.2. The number of nitrogens with zero attached hydrogens (tertiary/aromatic N) is 1. The van der Waals surface area contributed by atoms with Gasteiger partial charge in [0.25, 0.3) is 0 Å². The lowest BCUT2D eigenvalue weighted by Gasteiger charge is -2.20.